The van der Waals surface area contributed by atoms with E-state index in [4.69, 9.17) is 0 Å². The molecule has 0 heterocycles. The van der Waals surface area contributed by atoms with Crippen molar-refractivity contribution in [1.29, 1.82) is 0 Å². The van der Waals surface area contributed by atoms with E-state index in [1.54, 1.807) is 28.9 Å². The fourth-order valence-corrected chi connectivity index (χ4v) is 6.95. The zero-order valence-electron chi connectivity index (χ0n) is 31.3. The number of rotatable bonds is 5. The van der Waals surface area contributed by atoms with Crippen LogP contribution in [0.2, 0.25) is 13.1 Å². The topological polar surface area (TPSA) is 0 Å². The van der Waals surface area contributed by atoms with Gasteiger partial charge in [0.25, 0.3) is 0 Å². The van der Waals surface area contributed by atoms with Crippen LogP contribution in [0.25, 0.3) is 43.8 Å². The molecule has 0 amide bonds. The molecule has 7 rings (SSSR count). The van der Waals surface area contributed by atoms with Crippen molar-refractivity contribution in [2.45, 2.75) is 104 Å². The molecule has 4 heteroatoms. The molecular weight excluding hydrogens is 743 g/mol. The molecule has 0 unspecified atom stereocenters. The maximum Gasteiger partial charge on any atom is -1.00 e. The molecule has 0 atom stereocenters. The molecule has 6 aromatic rings. The predicted octanol–water partition coefficient (Wildman–Crippen LogP) is 7.88. The van der Waals surface area contributed by atoms with Crippen LogP contribution in [0.4, 0.5) is 0 Å². The summed E-state index contributed by atoms with van der Waals surface area (Å²) < 4.78 is 0. The Hall–Kier alpha value is -2.22. The summed E-state index contributed by atoms with van der Waals surface area (Å²) in [7, 11) is 0. The van der Waals surface area contributed by atoms with Crippen LogP contribution in [0.3, 0.4) is 0 Å². The van der Waals surface area contributed by atoms with Crippen molar-refractivity contribution in [2.24, 2.45) is 0 Å². The van der Waals surface area contributed by atoms with E-state index >= 15 is 0 Å². The fraction of sp³-hybridized carbons (Fsp3) is 0.348. The van der Waals surface area contributed by atoms with E-state index < -0.39 is 0 Å². The summed E-state index contributed by atoms with van der Waals surface area (Å²) in [5, 5.41) is 5.55. The van der Waals surface area contributed by atoms with Crippen molar-refractivity contribution < 1.29 is 48.1 Å². The first-order valence-electron chi connectivity index (χ1n) is 18.0. The first-order valence-corrected chi connectivity index (χ1v) is 24.2. The molecule has 0 N–H and O–H groups in total. The minimum absolute atomic E-state index is 0. The third kappa shape index (κ3) is 10.7. The van der Waals surface area contributed by atoms with Crippen molar-refractivity contribution in [2.75, 3.05) is 0 Å². The molecular formula is C46H54Cl2SiZr-2. The third-order valence-electron chi connectivity index (χ3n) is 9.77. The minimum Gasteiger partial charge on any atom is -1.00 e. The number of aryl methyl sites for hydroxylation is 1. The van der Waals surface area contributed by atoms with Crippen LogP contribution in [0.1, 0.15) is 101 Å². The summed E-state index contributed by atoms with van der Waals surface area (Å²) in [4.78, 5) is 0. The maximum absolute atomic E-state index is 2.46. The Morgan fingerprint density at radius 1 is 0.720 bits per heavy atom. The van der Waals surface area contributed by atoms with Crippen molar-refractivity contribution in [1.82, 2.24) is 0 Å². The van der Waals surface area contributed by atoms with Gasteiger partial charge in [-0.3, -0.25) is 0 Å². The molecule has 1 fully saturated rings. The van der Waals surface area contributed by atoms with Gasteiger partial charge in [-0.15, -0.1) is 69.1 Å². The Morgan fingerprint density at radius 2 is 1.20 bits per heavy atom. The van der Waals surface area contributed by atoms with Crippen LogP contribution in [0, 0.1) is 0 Å². The maximum atomic E-state index is 2.46. The Labute approximate surface area is 330 Å². The van der Waals surface area contributed by atoms with E-state index in [0.717, 1.165) is 12.3 Å². The molecule has 1 aliphatic rings. The average Bonchev–Trinajstić information content (AvgIpc) is 3.84. The Kier molecular flexibility index (Phi) is 16.1. The van der Waals surface area contributed by atoms with Crippen molar-refractivity contribution in [3.8, 4) is 22.3 Å². The van der Waals surface area contributed by atoms with Gasteiger partial charge in [-0.1, -0.05) is 126 Å². The standard InChI is InChI=1S/C24H27.C20H21.C2H6Si.2ClH.Zr/c1-24(2,3)21-13-11-18(12-14-21)22-10-6-9-19-15-20(16-23(19)22)17-7-4-5-8-17;1-4-15-12-18-6-5-7-19(20(18)13-15)17-10-8-16(9-11-17)14(2)3;1-3-2;;;/h6,9-17H,4-5,7-8H2,1-3H3;5-14H,4H2,1-3H3;1-2H3;2*1H;/q2*-1;;;;+2/p-2. The van der Waals surface area contributed by atoms with Crippen LogP contribution in [0.15, 0.2) is 109 Å². The summed E-state index contributed by atoms with van der Waals surface area (Å²) in [5.41, 5.74) is 11.6. The van der Waals surface area contributed by atoms with Crippen LogP contribution in [-0.4, -0.2) is 5.43 Å². The summed E-state index contributed by atoms with van der Waals surface area (Å²) in [6, 6.07) is 41.0. The van der Waals surface area contributed by atoms with Gasteiger partial charge >= 0.3 is 41.9 Å². The van der Waals surface area contributed by atoms with Crippen LogP contribution in [-0.2, 0) is 35.2 Å². The molecule has 0 radical (unpaired) electrons. The molecule has 0 saturated heterocycles. The SMILES string of the molecule is CC(C)(C)c1ccc(-c2cccc3[cH-]c(C4CCCC4)cc23)cc1.CCc1cc2c(-c3ccc(C(C)C)cc3)cccc2[cH-]1.C[Si](C)=[Zr+2].[Cl-].[Cl-]. The second kappa shape index (κ2) is 19.0. The van der Waals surface area contributed by atoms with Crippen molar-refractivity contribution in [3.63, 3.8) is 0 Å². The van der Waals surface area contributed by atoms with Gasteiger partial charge in [-0.05, 0) is 58.8 Å². The van der Waals surface area contributed by atoms with Gasteiger partial charge < -0.3 is 24.8 Å². The van der Waals surface area contributed by atoms with Gasteiger partial charge in [0.1, 0.15) is 0 Å². The van der Waals surface area contributed by atoms with Crippen LogP contribution >= 0.6 is 0 Å². The minimum atomic E-state index is 0. The average molecular weight is 797 g/mol. The molecule has 0 spiro atoms. The number of benzene rings is 4. The molecule has 0 aromatic heterocycles. The number of hydrogen-bond acceptors (Lipinski definition) is 0. The summed E-state index contributed by atoms with van der Waals surface area (Å²) in [6.45, 7) is 18.1. The molecule has 1 saturated carbocycles. The Balaban J connectivity index is 0.000000239. The van der Waals surface area contributed by atoms with Gasteiger partial charge in [-0.25, -0.2) is 0 Å². The van der Waals surface area contributed by atoms with E-state index in [9.17, 15) is 0 Å². The second-order valence-electron chi connectivity index (χ2n) is 15.2. The van der Waals surface area contributed by atoms with Gasteiger partial charge in [0, 0.05) is 0 Å². The normalized spacial score (nSPS) is 12.9. The zero-order valence-corrected chi connectivity index (χ0v) is 36.3. The summed E-state index contributed by atoms with van der Waals surface area (Å²) >= 11 is 1.74. The molecule has 0 nitrogen and oxygen atoms in total. The summed E-state index contributed by atoms with van der Waals surface area (Å²) in [6.07, 6.45) is 6.62. The molecule has 50 heavy (non-hydrogen) atoms. The molecule has 0 aliphatic heterocycles. The molecule has 1 aliphatic carbocycles. The molecule has 6 aromatic carbocycles. The largest absolute Gasteiger partial charge is 1.00 e. The van der Waals surface area contributed by atoms with Gasteiger partial charge in [0.15, 0.2) is 0 Å². The Bertz CT molecular complexity index is 1940. The Morgan fingerprint density at radius 3 is 1.68 bits per heavy atom. The van der Waals surface area contributed by atoms with E-state index in [2.05, 4.69) is 164 Å². The predicted molar refractivity (Wildman–Crippen MR) is 211 cm³/mol. The monoisotopic (exact) mass is 794 g/mol. The van der Waals surface area contributed by atoms with E-state index in [1.165, 1.54) is 86.2 Å². The van der Waals surface area contributed by atoms with E-state index in [-0.39, 0.29) is 35.7 Å². The third-order valence-corrected chi connectivity index (χ3v) is 9.77. The smallest absolute Gasteiger partial charge is 1.00 e. The quantitative estimate of drug-likeness (QED) is 0.123. The second-order valence-corrected chi connectivity index (χ2v) is 24.6. The van der Waals surface area contributed by atoms with Gasteiger partial charge in [-0.2, -0.15) is 12.1 Å². The number of halogens is 2. The van der Waals surface area contributed by atoms with Crippen molar-refractivity contribution in [3.05, 3.63) is 131 Å². The number of fused-ring (bicyclic) bond motifs is 2. The zero-order chi connectivity index (χ0) is 34.4. The van der Waals surface area contributed by atoms with Gasteiger partial charge in [0.05, 0.1) is 0 Å². The first-order chi connectivity index (χ1) is 22.9. The van der Waals surface area contributed by atoms with E-state index in [0.29, 0.717) is 5.92 Å². The van der Waals surface area contributed by atoms with Crippen molar-refractivity contribution >= 4 is 27.0 Å². The fourth-order valence-electron chi connectivity index (χ4n) is 6.95. The molecule has 262 valence electrons. The van der Waals surface area contributed by atoms with Gasteiger partial charge in [0.2, 0.25) is 0 Å². The van der Waals surface area contributed by atoms with Crippen LogP contribution < -0.4 is 24.8 Å². The summed E-state index contributed by atoms with van der Waals surface area (Å²) in [5.74, 6) is 1.37. The van der Waals surface area contributed by atoms with E-state index in [1.807, 2.05) is 0 Å². The number of hydrogen-bond donors (Lipinski definition) is 0. The van der Waals surface area contributed by atoms with Crippen LogP contribution in [0.5, 0.6) is 0 Å². The first kappa shape index (κ1) is 42.2. The molecule has 0 bridgehead atoms.